The van der Waals surface area contributed by atoms with E-state index in [1.54, 1.807) is 14.2 Å². The molecule has 2 fully saturated rings. The van der Waals surface area contributed by atoms with E-state index in [0.717, 1.165) is 16.7 Å². The molecule has 0 bridgehead atoms. The summed E-state index contributed by atoms with van der Waals surface area (Å²) in [6.45, 7) is 3.80. The molecule has 3 unspecified atom stereocenters. The third kappa shape index (κ3) is 9.90. The molecule has 0 amide bonds. The minimum Gasteiger partial charge on any atom is -0.497 e. The summed E-state index contributed by atoms with van der Waals surface area (Å²) in [6, 6.07) is 27.3. The zero-order valence-corrected chi connectivity index (χ0v) is 31.9. The molecule has 5 rings (SSSR count). The molecule has 0 aliphatic carbocycles. The summed E-state index contributed by atoms with van der Waals surface area (Å²) in [4.78, 5) is 0. The van der Waals surface area contributed by atoms with Crippen LogP contribution in [0.1, 0.15) is 49.8 Å². The van der Waals surface area contributed by atoms with Gasteiger partial charge in [0.25, 0.3) is 0 Å². The smallest absolute Gasteiger partial charge is 0.475 e. The molecule has 7 atom stereocenters. The van der Waals surface area contributed by atoms with Gasteiger partial charge in [-0.1, -0.05) is 54.6 Å². The van der Waals surface area contributed by atoms with E-state index in [1.165, 1.54) is 0 Å². The van der Waals surface area contributed by atoms with Crippen LogP contribution in [-0.4, -0.2) is 99.3 Å². The van der Waals surface area contributed by atoms with Crippen LogP contribution in [0.2, 0.25) is 0 Å². The monoisotopic (exact) mass is 731 g/mol. The summed E-state index contributed by atoms with van der Waals surface area (Å²) in [6.07, 6.45) is -0.906. The van der Waals surface area contributed by atoms with Gasteiger partial charge < -0.3 is 28.4 Å². The maximum Gasteiger partial charge on any atom is 0.475 e. The van der Waals surface area contributed by atoms with Crippen LogP contribution in [0.3, 0.4) is 0 Å². The van der Waals surface area contributed by atoms with Crippen LogP contribution in [0.15, 0.2) is 78.9 Å². The zero-order valence-electron chi connectivity index (χ0n) is 31.0. The first-order valence-corrected chi connectivity index (χ1v) is 19.5. The topological polar surface area (TPSA) is 124 Å². The van der Waals surface area contributed by atoms with Crippen molar-refractivity contribution >= 4 is 30.6 Å². The molecule has 0 radical (unpaired) electrons. The van der Waals surface area contributed by atoms with Crippen LogP contribution in [0.5, 0.6) is 11.5 Å². The maximum atomic E-state index is 14.3. The van der Waals surface area contributed by atoms with Gasteiger partial charge in [0, 0.05) is 12.0 Å². The Labute approximate surface area is 310 Å². The number of phosphoric acid groups is 1. The second kappa shape index (κ2) is 18.8. The molecule has 15 heteroatoms. The lowest BCUT2D eigenvalue weighted by Gasteiger charge is -2.37. The van der Waals surface area contributed by atoms with Crippen molar-refractivity contribution in [2.24, 2.45) is 0 Å². The number of phosphoric ester groups is 1. The number of ether oxygens (including phenoxy) is 6. The summed E-state index contributed by atoms with van der Waals surface area (Å²) < 4.78 is 69.1. The van der Waals surface area contributed by atoms with Gasteiger partial charge in [0.2, 0.25) is 0 Å². The van der Waals surface area contributed by atoms with E-state index in [0.29, 0.717) is 31.5 Å². The largest absolute Gasteiger partial charge is 0.497 e. The van der Waals surface area contributed by atoms with Crippen molar-refractivity contribution in [1.29, 1.82) is 5.26 Å². The second-order valence-electron chi connectivity index (χ2n) is 13.3. The lowest BCUT2D eigenvalue weighted by molar-refractivity contribution is -0.0793. The summed E-state index contributed by atoms with van der Waals surface area (Å²) in [5.41, 5.74) is 1.53. The molecular weight excluding hydrogens is 682 g/mol. The van der Waals surface area contributed by atoms with Crippen molar-refractivity contribution in [2.75, 3.05) is 34.0 Å². The molecule has 2 heterocycles. The first-order chi connectivity index (χ1) is 25.1. The molecule has 2 aliphatic heterocycles. The molecule has 2 aliphatic rings. The first-order valence-electron chi connectivity index (χ1n) is 18.0. The molecule has 0 saturated carbocycles. The Hall–Kier alpha value is -3.11. The average molecular weight is 731 g/mol. The standard InChI is InChI=1S/C37H49B3NO10P/c1-25(2)48-31-21-35(38)49-34(31)24-47-52(42,46-20-8-19-41)51-32-22-36(40-39)50-33(32)23-45-37(26-9-6-5-7-10-26,27-11-15-29(43-3)16-12-27)28-13-17-30(44-4)18-14-28/h5-7,9-18,25,31-36,40H,8,20-24,38-39H2,1-4H3/t31?,32?,33-,34-,35-,36-,52?/m1/s1. The van der Waals surface area contributed by atoms with Gasteiger partial charge in [0.1, 0.15) is 44.3 Å². The minimum absolute atomic E-state index is 0.0152. The predicted molar refractivity (Wildman–Crippen MR) is 204 cm³/mol. The summed E-state index contributed by atoms with van der Waals surface area (Å²) in [7, 11) is 3.75. The number of hydrogen-bond acceptors (Lipinski definition) is 11. The Balaban J connectivity index is 1.45. The molecule has 2 saturated heterocycles. The predicted octanol–water partition coefficient (Wildman–Crippen LogP) is 4.09. The Morgan fingerprint density at radius 1 is 0.865 bits per heavy atom. The van der Waals surface area contributed by atoms with Crippen molar-refractivity contribution in [3.05, 3.63) is 95.6 Å². The lowest BCUT2D eigenvalue weighted by Crippen LogP contribution is -2.38. The van der Waals surface area contributed by atoms with Crippen molar-refractivity contribution < 1.29 is 46.6 Å². The Bertz CT molecular complexity index is 1580. The third-order valence-electron chi connectivity index (χ3n) is 9.33. The quantitative estimate of drug-likeness (QED) is 0.0767. The fourth-order valence-corrected chi connectivity index (χ4v) is 8.19. The second-order valence-corrected chi connectivity index (χ2v) is 14.9. The zero-order chi connectivity index (χ0) is 37.1. The van der Waals surface area contributed by atoms with E-state index in [2.05, 4.69) is 0 Å². The Kier molecular flexibility index (Phi) is 14.5. The van der Waals surface area contributed by atoms with Gasteiger partial charge in [-0.25, -0.2) is 4.57 Å². The van der Waals surface area contributed by atoms with Gasteiger partial charge >= 0.3 is 7.82 Å². The molecule has 11 nitrogen and oxygen atoms in total. The number of hydrogen-bond donors (Lipinski definition) is 0. The highest BCUT2D eigenvalue weighted by Crippen LogP contribution is 2.53. The van der Waals surface area contributed by atoms with Crippen LogP contribution in [0.4, 0.5) is 0 Å². The summed E-state index contributed by atoms with van der Waals surface area (Å²) in [5.74, 6) is 1.43. The number of rotatable bonds is 19. The molecule has 52 heavy (non-hydrogen) atoms. The van der Waals surface area contributed by atoms with Gasteiger partial charge in [0.15, 0.2) is 0 Å². The number of benzene rings is 3. The van der Waals surface area contributed by atoms with E-state index < -0.39 is 31.7 Å². The van der Waals surface area contributed by atoms with Crippen LogP contribution in [0, 0.1) is 11.3 Å². The van der Waals surface area contributed by atoms with Gasteiger partial charge in [0.05, 0.1) is 72.6 Å². The fraction of sp³-hybridized carbons (Fsp3) is 0.486. The molecule has 3 aromatic carbocycles. The van der Waals surface area contributed by atoms with Gasteiger partial charge in [-0.05, 0) is 67.6 Å². The molecular formula is C37H49B3NO10P. The van der Waals surface area contributed by atoms with Crippen LogP contribution in [0.25, 0.3) is 0 Å². The first kappa shape index (κ1) is 40.1. The molecule has 0 spiro atoms. The SMILES string of the molecule is BB[C@H]1CC(OP(=O)(OCCC#N)OC[C@H]2O[C@@H](B)CC2OC(C)C)[C@@H](COC(c2ccccc2)(c2ccc(OC)cc2)c2ccc(OC)cc2)O1. The molecule has 0 N–H and O–H groups in total. The van der Waals surface area contributed by atoms with Crippen molar-refractivity contribution in [3.63, 3.8) is 0 Å². The van der Waals surface area contributed by atoms with Crippen LogP contribution < -0.4 is 9.47 Å². The normalized spacial score (nSPS) is 24.3. The molecule has 276 valence electrons. The van der Waals surface area contributed by atoms with E-state index in [1.807, 2.05) is 114 Å². The van der Waals surface area contributed by atoms with Crippen LogP contribution in [-0.2, 0) is 42.7 Å². The van der Waals surface area contributed by atoms with E-state index in [9.17, 15) is 9.83 Å². The van der Waals surface area contributed by atoms with Crippen LogP contribution >= 0.6 is 7.82 Å². The minimum atomic E-state index is -4.21. The van der Waals surface area contributed by atoms with Gasteiger partial charge in [-0.2, -0.15) is 5.26 Å². The Morgan fingerprint density at radius 2 is 1.46 bits per heavy atom. The van der Waals surface area contributed by atoms with Crippen molar-refractivity contribution in [2.45, 2.75) is 81.2 Å². The van der Waals surface area contributed by atoms with Gasteiger partial charge in [-0.3, -0.25) is 13.6 Å². The molecule has 3 aromatic rings. The molecule has 0 aromatic heterocycles. The Morgan fingerprint density at radius 3 is 2.02 bits per heavy atom. The van der Waals surface area contributed by atoms with Gasteiger partial charge in [-0.15, -0.1) is 0 Å². The fourth-order valence-electron chi connectivity index (χ4n) is 6.79. The third-order valence-corrected chi connectivity index (χ3v) is 10.8. The summed E-state index contributed by atoms with van der Waals surface area (Å²) in [5, 5.41) is 9.20. The number of methoxy groups -OCH3 is 2. The highest BCUT2D eigenvalue weighted by atomic mass is 31.2. The van der Waals surface area contributed by atoms with E-state index in [-0.39, 0.29) is 50.5 Å². The van der Waals surface area contributed by atoms with E-state index >= 15 is 0 Å². The lowest BCUT2D eigenvalue weighted by atomic mass is 9.51. The number of nitriles is 1. The highest BCUT2D eigenvalue weighted by Gasteiger charge is 2.46. The summed E-state index contributed by atoms with van der Waals surface area (Å²) >= 11 is 0. The maximum absolute atomic E-state index is 14.3. The van der Waals surface area contributed by atoms with Crippen molar-refractivity contribution in [1.82, 2.24) is 0 Å². The number of nitrogens with zero attached hydrogens (tertiary/aromatic N) is 1. The average Bonchev–Trinajstić information content (AvgIpc) is 3.72. The highest BCUT2D eigenvalue weighted by molar-refractivity contribution is 7.48. The van der Waals surface area contributed by atoms with E-state index in [4.69, 9.17) is 42.0 Å². The van der Waals surface area contributed by atoms with Crippen molar-refractivity contribution in [3.8, 4) is 17.6 Å².